The number of carbonyl (C=O) groups is 1. The van der Waals surface area contributed by atoms with Crippen LogP contribution in [-0.4, -0.2) is 31.5 Å². The van der Waals surface area contributed by atoms with Gasteiger partial charge in [-0.2, -0.15) is 5.10 Å². The molecule has 1 aliphatic carbocycles. The largest absolute Gasteiger partial charge is 0.273 e. The second-order valence-corrected chi connectivity index (χ2v) is 7.95. The number of sulfone groups is 1. The normalized spacial score (nSPS) is 25.0. The van der Waals surface area contributed by atoms with Crippen LogP contribution in [0.1, 0.15) is 30.4 Å². The molecule has 1 aromatic rings. The van der Waals surface area contributed by atoms with Crippen molar-refractivity contribution in [2.24, 2.45) is 11.0 Å². The third-order valence-electron chi connectivity index (χ3n) is 4.08. The molecule has 1 aromatic carbocycles. The Morgan fingerprint density at radius 2 is 2.10 bits per heavy atom. The smallest absolute Gasteiger partial charge is 0.240 e. The van der Waals surface area contributed by atoms with Crippen molar-refractivity contribution in [1.82, 2.24) is 5.43 Å². The number of hydrogen-bond acceptors (Lipinski definition) is 4. The van der Waals surface area contributed by atoms with Crippen LogP contribution in [-0.2, 0) is 21.1 Å². The number of amides is 1. The quantitative estimate of drug-likeness (QED) is 0.855. The molecule has 0 bridgehead atoms. The first-order chi connectivity index (χ1) is 10.0. The van der Waals surface area contributed by atoms with Crippen LogP contribution in [0.15, 0.2) is 29.4 Å². The van der Waals surface area contributed by atoms with Crippen molar-refractivity contribution < 1.29 is 13.2 Å². The van der Waals surface area contributed by atoms with Crippen molar-refractivity contribution in [3.63, 3.8) is 0 Å². The zero-order valence-electron chi connectivity index (χ0n) is 11.7. The number of carbonyl (C=O) groups excluding carboxylic acids is 1. The molecule has 3 rings (SSSR count). The summed E-state index contributed by atoms with van der Waals surface area (Å²) < 4.78 is 22.7. The Morgan fingerprint density at radius 3 is 2.86 bits per heavy atom. The van der Waals surface area contributed by atoms with Gasteiger partial charge in [0.05, 0.1) is 17.2 Å². The summed E-state index contributed by atoms with van der Waals surface area (Å²) in [5.74, 6) is 0.0622. The minimum Gasteiger partial charge on any atom is -0.273 e. The van der Waals surface area contributed by atoms with Gasteiger partial charge in [-0.1, -0.05) is 24.3 Å². The summed E-state index contributed by atoms with van der Waals surface area (Å²) >= 11 is 0. The van der Waals surface area contributed by atoms with Crippen molar-refractivity contribution in [2.45, 2.75) is 25.7 Å². The van der Waals surface area contributed by atoms with Gasteiger partial charge < -0.3 is 0 Å². The summed E-state index contributed by atoms with van der Waals surface area (Å²) in [6.45, 7) is 0. The number of aryl methyl sites for hydroxylation is 1. The van der Waals surface area contributed by atoms with Crippen molar-refractivity contribution >= 4 is 21.5 Å². The van der Waals surface area contributed by atoms with Crippen molar-refractivity contribution in [1.29, 1.82) is 0 Å². The summed E-state index contributed by atoms with van der Waals surface area (Å²) in [7, 11) is -2.93. The fourth-order valence-corrected chi connectivity index (χ4v) is 4.86. The summed E-state index contributed by atoms with van der Waals surface area (Å²) in [5.41, 5.74) is 5.83. The van der Waals surface area contributed by atoms with E-state index in [-0.39, 0.29) is 29.8 Å². The molecular formula is C15H18N2O3S. The molecule has 1 heterocycles. The summed E-state index contributed by atoms with van der Waals surface area (Å²) in [6, 6.07) is 8.05. The van der Waals surface area contributed by atoms with Gasteiger partial charge >= 0.3 is 0 Å². The zero-order valence-corrected chi connectivity index (χ0v) is 12.5. The lowest BCUT2D eigenvalue weighted by atomic mass is 10.1. The van der Waals surface area contributed by atoms with E-state index in [4.69, 9.17) is 0 Å². The molecule has 1 amide bonds. The Hall–Kier alpha value is -1.69. The maximum absolute atomic E-state index is 11.9. The number of fused-ring (bicyclic) bond motifs is 1. The predicted molar refractivity (Wildman–Crippen MR) is 80.8 cm³/mol. The lowest BCUT2D eigenvalue weighted by molar-refractivity contribution is -0.121. The highest BCUT2D eigenvalue weighted by Crippen LogP contribution is 2.23. The molecule has 1 atom stereocenters. The Morgan fingerprint density at radius 1 is 1.29 bits per heavy atom. The summed E-state index contributed by atoms with van der Waals surface area (Å²) in [5, 5.41) is 4.21. The number of benzene rings is 1. The Kier molecular flexibility index (Phi) is 3.80. The van der Waals surface area contributed by atoms with Crippen LogP contribution < -0.4 is 5.43 Å². The van der Waals surface area contributed by atoms with Gasteiger partial charge in [-0.25, -0.2) is 13.8 Å². The Labute approximate surface area is 124 Å². The van der Waals surface area contributed by atoms with Crippen molar-refractivity contribution in [2.75, 3.05) is 11.5 Å². The average molecular weight is 306 g/mol. The highest BCUT2D eigenvalue weighted by atomic mass is 32.2. The van der Waals surface area contributed by atoms with Gasteiger partial charge in [-0.05, 0) is 30.7 Å². The van der Waals surface area contributed by atoms with Crippen LogP contribution in [0.25, 0.3) is 0 Å². The number of rotatable bonds is 3. The maximum atomic E-state index is 11.9. The topological polar surface area (TPSA) is 75.6 Å². The summed E-state index contributed by atoms with van der Waals surface area (Å²) in [4.78, 5) is 11.9. The average Bonchev–Trinajstić information content (AvgIpc) is 3.00. The molecule has 21 heavy (non-hydrogen) atoms. The minimum atomic E-state index is -2.93. The van der Waals surface area contributed by atoms with Crippen LogP contribution in [0.4, 0.5) is 0 Å². The predicted octanol–water partition coefficient (Wildman–Crippen LogP) is 1.28. The number of nitrogens with one attached hydrogen (secondary N) is 1. The SMILES string of the molecule is O=C(C[C@@H]1CCS(=O)(=O)C1)N/N=C1/CCc2ccccc21. The second kappa shape index (κ2) is 5.60. The molecule has 1 fully saturated rings. The van der Waals surface area contributed by atoms with Gasteiger partial charge in [0, 0.05) is 12.0 Å². The molecule has 1 saturated heterocycles. The van der Waals surface area contributed by atoms with E-state index in [0.717, 1.165) is 24.1 Å². The third-order valence-corrected chi connectivity index (χ3v) is 5.91. The van der Waals surface area contributed by atoms with E-state index < -0.39 is 9.84 Å². The highest BCUT2D eigenvalue weighted by Gasteiger charge is 2.29. The first-order valence-corrected chi connectivity index (χ1v) is 9.00. The molecule has 0 radical (unpaired) electrons. The molecule has 6 heteroatoms. The second-order valence-electron chi connectivity index (χ2n) is 5.72. The van der Waals surface area contributed by atoms with Crippen molar-refractivity contribution in [3.05, 3.63) is 35.4 Å². The Balaban J connectivity index is 1.58. The van der Waals surface area contributed by atoms with E-state index in [2.05, 4.69) is 16.6 Å². The highest BCUT2D eigenvalue weighted by molar-refractivity contribution is 7.91. The Bertz CT molecular complexity index is 695. The van der Waals surface area contributed by atoms with E-state index in [1.54, 1.807) is 0 Å². The monoisotopic (exact) mass is 306 g/mol. The van der Waals surface area contributed by atoms with Gasteiger partial charge in [-0.3, -0.25) is 4.79 Å². The van der Waals surface area contributed by atoms with Crippen LogP contribution in [0.3, 0.4) is 0 Å². The molecule has 0 unspecified atom stereocenters. The fraction of sp³-hybridized carbons (Fsp3) is 0.467. The van der Waals surface area contributed by atoms with Gasteiger partial charge in [0.15, 0.2) is 9.84 Å². The number of hydrogen-bond donors (Lipinski definition) is 1. The fourth-order valence-electron chi connectivity index (χ4n) is 2.99. The number of nitrogens with zero attached hydrogens (tertiary/aromatic N) is 1. The lowest BCUT2D eigenvalue weighted by Crippen LogP contribution is -2.22. The molecule has 1 aliphatic heterocycles. The van der Waals surface area contributed by atoms with Crippen LogP contribution in [0.5, 0.6) is 0 Å². The van der Waals surface area contributed by atoms with E-state index >= 15 is 0 Å². The van der Waals surface area contributed by atoms with Crippen LogP contribution >= 0.6 is 0 Å². The molecule has 5 nitrogen and oxygen atoms in total. The first-order valence-electron chi connectivity index (χ1n) is 7.17. The van der Waals surface area contributed by atoms with Crippen LogP contribution in [0, 0.1) is 5.92 Å². The summed E-state index contributed by atoms with van der Waals surface area (Å²) in [6.07, 6.45) is 2.59. The molecule has 2 aliphatic rings. The van der Waals surface area contributed by atoms with Crippen molar-refractivity contribution in [3.8, 4) is 0 Å². The van der Waals surface area contributed by atoms with Gasteiger partial charge in [0.1, 0.15) is 0 Å². The third kappa shape index (κ3) is 3.32. The molecule has 112 valence electrons. The van der Waals surface area contributed by atoms with Crippen LogP contribution in [0.2, 0.25) is 0 Å². The molecule has 0 saturated carbocycles. The van der Waals surface area contributed by atoms with E-state index in [1.165, 1.54) is 5.56 Å². The zero-order chi connectivity index (χ0) is 14.9. The van der Waals surface area contributed by atoms with E-state index in [0.29, 0.717) is 6.42 Å². The maximum Gasteiger partial charge on any atom is 0.240 e. The minimum absolute atomic E-state index is 0.0638. The lowest BCUT2D eigenvalue weighted by Gasteiger charge is -2.06. The molecule has 0 spiro atoms. The molecule has 1 N–H and O–H groups in total. The molecular weight excluding hydrogens is 288 g/mol. The van der Waals surface area contributed by atoms with E-state index in [9.17, 15) is 13.2 Å². The van der Waals surface area contributed by atoms with Gasteiger partial charge in [0.25, 0.3) is 0 Å². The van der Waals surface area contributed by atoms with E-state index in [1.807, 2.05) is 18.2 Å². The van der Waals surface area contributed by atoms with Gasteiger partial charge in [0.2, 0.25) is 5.91 Å². The molecule has 0 aromatic heterocycles. The standard InChI is InChI=1S/C15H18N2O3S/c18-15(9-11-7-8-21(19,20)10-11)17-16-14-6-5-12-3-1-2-4-13(12)14/h1-4,11H,5-10H2,(H,17,18)/b16-14-/t11-/m0/s1. The first kappa shape index (κ1) is 14.3. The number of hydrazone groups is 1. The van der Waals surface area contributed by atoms with Gasteiger partial charge in [-0.15, -0.1) is 0 Å².